The second kappa shape index (κ2) is 5.47. The van der Waals surface area contributed by atoms with Crippen molar-refractivity contribution in [3.8, 4) is 5.75 Å². The van der Waals surface area contributed by atoms with Crippen LogP contribution in [-0.2, 0) is 0 Å². The highest BCUT2D eigenvalue weighted by molar-refractivity contribution is 5.88. The topological polar surface area (TPSA) is 68.2 Å². The van der Waals surface area contributed by atoms with Gasteiger partial charge in [0.05, 0.1) is 12.2 Å². The van der Waals surface area contributed by atoms with E-state index in [1.165, 1.54) is 0 Å². The molecule has 2 amide bonds. The molecule has 0 saturated carbocycles. The van der Waals surface area contributed by atoms with Gasteiger partial charge in [0.2, 0.25) is 0 Å². The summed E-state index contributed by atoms with van der Waals surface area (Å²) in [5, 5.41) is 9.93. The summed E-state index contributed by atoms with van der Waals surface area (Å²) in [5.41, 5.74) is 1.00. The number of ether oxygens (including phenoxy) is 1. The Bertz CT molecular complexity index is 651. The first-order valence-corrected chi connectivity index (χ1v) is 6.98. The molecule has 0 unspecified atom stereocenters. The van der Waals surface area contributed by atoms with Gasteiger partial charge in [0.15, 0.2) is 0 Å². The summed E-state index contributed by atoms with van der Waals surface area (Å²) >= 11 is 0. The lowest BCUT2D eigenvalue weighted by molar-refractivity contribution is 0.243. The van der Waals surface area contributed by atoms with Gasteiger partial charge in [-0.1, -0.05) is 18.2 Å². The first-order chi connectivity index (χ1) is 10.1. The monoisotopic (exact) mass is 286 g/mol. The van der Waals surface area contributed by atoms with Crippen molar-refractivity contribution >= 4 is 11.8 Å². The normalized spacial score (nSPS) is 16.4. The van der Waals surface area contributed by atoms with Crippen molar-refractivity contribution in [2.24, 2.45) is 0 Å². The number of carbonyl (C=O) groups excluding carboxylic acids is 1. The van der Waals surface area contributed by atoms with E-state index in [1.54, 1.807) is 16.9 Å². The molecule has 1 aromatic carbocycles. The molecule has 0 aliphatic carbocycles. The average Bonchev–Trinajstić information content (AvgIpc) is 3.06. The molecule has 2 heterocycles. The number of nitrogens with zero attached hydrogens (tertiary/aromatic N) is 2. The van der Waals surface area contributed by atoms with E-state index in [-0.39, 0.29) is 18.1 Å². The van der Waals surface area contributed by atoms with E-state index in [2.05, 4.69) is 15.7 Å². The van der Waals surface area contributed by atoms with Crippen LogP contribution in [0.15, 0.2) is 36.5 Å². The van der Waals surface area contributed by atoms with E-state index in [1.807, 2.05) is 38.1 Å². The SMILES string of the molecule is CC(C)n1nccc1NC(=O)N[C@@H]1COc2ccccc21. The molecule has 1 atom stereocenters. The van der Waals surface area contributed by atoms with Crippen LogP contribution in [0.5, 0.6) is 5.75 Å². The Labute approximate surface area is 123 Å². The van der Waals surface area contributed by atoms with E-state index in [9.17, 15) is 4.79 Å². The fourth-order valence-electron chi connectivity index (χ4n) is 2.42. The van der Waals surface area contributed by atoms with Crippen molar-refractivity contribution < 1.29 is 9.53 Å². The highest BCUT2D eigenvalue weighted by Crippen LogP contribution is 2.31. The minimum Gasteiger partial charge on any atom is -0.491 e. The molecule has 21 heavy (non-hydrogen) atoms. The fraction of sp³-hybridized carbons (Fsp3) is 0.333. The van der Waals surface area contributed by atoms with Gasteiger partial charge in [0.1, 0.15) is 18.2 Å². The van der Waals surface area contributed by atoms with Gasteiger partial charge >= 0.3 is 6.03 Å². The average molecular weight is 286 g/mol. The Balaban J connectivity index is 1.67. The number of benzene rings is 1. The summed E-state index contributed by atoms with van der Waals surface area (Å²) in [7, 11) is 0. The second-order valence-electron chi connectivity index (χ2n) is 5.25. The summed E-state index contributed by atoms with van der Waals surface area (Å²) < 4.78 is 7.31. The van der Waals surface area contributed by atoms with E-state index in [4.69, 9.17) is 4.74 Å². The molecule has 2 N–H and O–H groups in total. The maximum Gasteiger partial charge on any atom is 0.321 e. The van der Waals surface area contributed by atoms with Crippen molar-refractivity contribution in [2.75, 3.05) is 11.9 Å². The Hall–Kier alpha value is -2.50. The van der Waals surface area contributed by atoms with E-state index in [0.717, 1.165) is 11.3 Å². The third-order valence-electron chi connectivity index (χ3n) is 3.41. The number of nitrogens with one attached hydrogen (secondary N) is 2. The molecule has 3 rings (SSSR count). The summed E-state index contributed by atoms with van der Waals surface area (Å²) in [5.74, 6) is 1.50. The molecule has 6 nitrogen and oxygen atoms in total. The number of fused-ring (bicyclic) bond motifs is 1. The maximum absolute atomic E-state index is 12.1. The van der Waals surface area contributed by atoms with Crippen LogP contribution in [0.2, 0.25) is 0 Å². The van der Waals surface area contributed by atoms with Crippen LogP contribution >= 0.6 is 0 Å². The van der Waals surface area contributed by atoms with Crippen LogP contribution in [0.1, 0.15) is 31.5 Å². The van der Waals surface area contributed by atoms with Gasteiger partial charge in [-0.25, -0.2) is 9.48 Å². The quantitative estimate of drug-likeness (QED) is 0.911. The number of urea groups is 1. The highest BCUT2D eigenvalue weighted by atomic mass is 16.5. The van der Waals surface area contributed by atoms with Gasteiger partial charge < -0.3 is 10.1 Å². The molecule has 0 saturated heterocycles. The highest BCUT2D eigenvalue weighted by Gasteiger charge is 2.25. The third kappa shape index (κ3) is 2.69. The molecule has 1 aromatic heterocycles. The summed E-state index contributed by atoms with van der Waals surface area (Å²) in [6, 6.07) is 9.30. The molecule has 2 aromatic rings. The first kappa shape index (κ1) is 13.5. The van der Waals surface area contributed by atoms with E-state index in [0.29, 0.717) is 12.4 Å². The van der Waals surface area contributed by atoms with Gasteiger partial charge in [-0.3, -0.25) is 5.32 Å². The van der Waals surface area contributed by atoms with Crippen LogP contribution in [-0.4, -0.2) is 22.4 Å². The van der Waals surface area contributed by atoms with Gasteiger partial charge in [0, 0.05) is 17.7 Å². The van der Waals surface area contributed by atoms with Crippen LogP contribution in [0.4, 0.5) is 10.6 Å². The molecule has 110 valence electrons. The number of aromatic nitrogens is 2. The van der Waals surface area contributed by atoms with Crippen molar-refractivity contribution in [1.29, 1.82) is 0 Å². The minimum absolute atomic E-state index is 0.128. The number of anilines is 1. The van der Waals surface area contributed by atoms with Gasteiger partial charge in [0.25, 0.3) is 0 Å². The second-order valence-corrected chi connectivity index (χ2v) is 5.25. The number of amides is 2. The number of hydrogen-bond donors (Lipinski definition) is 2. The number of para-hydroxylation sites is 1. The molecular formula is C15H18N4O2. The lowest BCUT2D eigenvalue weighted by atomic mass is 10.1. The summed E-state index contributed by atoms with van der Waals surface area (Å²) in [6.07, 6.45) is 1.67. The van der Waals surface area contributed by atoms with E-state index < -0.39 is 0 Å². The largest absolute Gasteiger partial charge is 0.491 e. The van der Waals surface area contributed by atoms with Gasteiger partial charge in [-0.2, -0.15) is 5.10 Å². The van der Waals surface area contributed by atoms with E-state index >= 15 is 0 Å². The maximum atomic E-state index is 12.1. The smallest absolute Gasteiger partial charge is 0.321 e. The molecule has 1 aliphatic heterocycles. The number of carbonyl (C=O) groups is 1. The Kier molecular flexibility index (Phi) is 3.51. The van der Waals surface area contributed by atoms with Crippen molar-refractivity contribution in [3.63, 3.8) is 0 Å². The van der Waals surface area contributed by atoms with Crippen LogP contribution in [0, 0.1) is 0 Å². The standard InChI is InChI=1S/C15H18N4O2/c1-10(2)19-14(7-8-16-19)18-15(20)17-12-9-21-13-6-4-3-5-11(12)13/h3-8,10,12H,9H2,1-2H3,(H2,17,18,20)/t12-/m1/s1. The fourth-order valence-corrected chi connectivity index (χ4v) is 2.42. The Morgan fingerprint density at radius 2 is 2.19 bits per heavy atom. The molecule has 6 heteroatoms. The molecule has 0 bridgehead atoms. The Morgan fingerprint density at radius 1 is 1.38 bits per heavy atom. The number of hydrogen-bond acceptors (Lipinski definition) is 3. The van der Waals surface area contributed by atoms with Gasteiger partial charge in [-0.05, 0) is 19.9 Å². The zero-order chi connectivity index (χ0) is 14.8. The van der Waals surface area contributed by atoms with Crippen molar-refractivity contribution in [3.05, 3.63) is 42.1 Å². The summed E-state index contributed by atoms with van der Waals surface area (Å²) in [6.45, 7) is 4.48. The first-order valence-electron chi connectivity index (χ1n) is 6.98. The van der Waals surface area contributed by atoms with Gasteiger partial charge in [-0.15, -0.1) is 0 Å². The molecule has 0 radical (unpaired) electrons. The molecule has 0 spiro atoms. The lowest BCUT2D eigenvalue weighted by Gasteiger charge is -2.15. The molecule has 1 aliphatic rings. The van der Waals surface area contributed by atoms with Crippen molar-refractivity contribution in [2.45, 2.75) is 25.9 Å². The lowest BCUT2D eigenvalue weighted by Crippen LogP contribution is -2.34. The predicted molar refractivity (Wildman–Crippen MR) is 79.4 cm³/mol. The minimum atomic E-state index is -0.261. The Morgan fingerprint density at radius 3 is 3.00 bits per heavy atom. The predicted octanol–water partition coefficient (Wildman–Crippen LogP) is 2.72. The zero-order valence-corrected chi connectivity index (χ0v) is 12.0. The summed E-state index contributed by atoms with van der Waals surface area (Å²) in [4.78, 5) is 12.1. The third-order valence-corrected chi connectivity index (χ3v) is 3.41. The number of rotatable bonds is 3. The molecule has 0 fully saturated rings. The van der Waals surface area contributed by atoms with Crippen LogP contribution in [0.25, 0.3) is 0 Å². The molecular weight excluding hydrogens is 268 g/mol. The van der Waals surface area contributed by atoms with Crippen LogP contribution in [0.3, 0.4) is 0 Å². The van der Waals surface area contributed by atoms with Crippen LogP contribution < -0.4 is 15.4 Å². The van der Waals surface area contributed by atoms with Crippen molar-refractivity contribution in [1.82, 2.24) is 15.1 Å². The zero-order valence-electron chi connectivity index (χ0n) is 12.0.